The number of aryl methyl sites for hydroxylation is 1. The molecular weight excluding hydrogens is 540 g/mol. The lowest BCUT2D eigenvalue weighted by Gasteiger charge is -2.49. The van der Waals surface area contributed by atoms with Gasteiger partial charge in [0, 0.05) is 35.0 Å². The summed E-state index contributed by atoms with van der Waals surface area (Å²) in [5.74, 6) is -1.13. The highest BCUT2D eigenvalue weighted by Crippen LogP contribution is 2.41. The van der Waals surface area contributed by atoms with Crippen LogP contribution in [0.2, 0.25) is 0 Å². The molecule has 37 heavy (non-hydrogen) atoms. The fraction of sp³-hybridized carbons (Fsp3) is 0.286. The second-order valence-corrected chi connectivity index (χ2v) is 10.9. The Bertz CT molecular complexity index is 1480. The second-order valence-electron chi connectivity index (χ2n) is 7.93. The molecule has 5 heterocycles. The minimum atomic E-state index is -1.20. The molecule has 5 rings (SSSR count). The highest BCUT2D eigenvalue weighted by atomic mass is 32.2. The van der Waals surface area contributed by atoms with Crippen molar-refractivity contribution in [3.63, 3.8) is 0 Å². The number of carboxylic acid groups (broad SMARTS) is 1. The van der Waals surface area contributed by atoms with Crippen molar-refractivity contribution in [3.8, 4) is 0 Å². The van der Waals surface area contributed by atoms with E-state index in [2.05, 4.69) is 25.4 Å². The third-order valence-electron chi connectivity index (χ3n) is 5.64. The van der Waals surface area contributed by atoms with Crippen molar-refractivity contribution in [1.82, 2.24) is 29.6 Å². The number of amides is 2. The minimum Gasteiger partial charge on any atom is -0.477 e. The molecule has 3 aromatic heterocycles. The van der Waals surface area contributed by atoms with Crippen LogP contribution in [0.25, 0.3) is 5.78 Å². The number of carbonyl (C=O) groups is 3. The third kappa shape index (κ3) is 4.62. The first-order valence-corrected chi connectivity index (χ1v) is 13.7. The smallest absolute Gasteiger partial charge is 0.352 e. The van der Waals surface area contributed by atoms with Gasteiger partial charge in [0.05, 0.1) is 0 Å². The molecule has 0 aromatic carbocycles. The van der Waals surface area contributed by atoms with Gasteiger partial charge in [0.25, 0.3) is 11.8 Å². The molecular formula is C21H20N8O5S3. The highest BCUT2D eigenvalue weighted by molar-refractivity contribution is 8.01. The van der Waals surface area contributed by atoms with Gasteiger partial charge in [-0.05, 0) is 18.6 Å². The maximum atomic E-state index is 13.0. The summed E-state index contributed by atoms with van der Waals surface area (Å²) in [6.45, 7) is 1.93. The topological polar surface area (TPSA) is 177 Å². The molecule has 1 saturated heterocycles. The van der Waals surface area contributed by atoms with E-state index in [0.29, 0.717) is 27.9 Å². The monoisotopic (exact) mass is 560 g/mol. The number of imidazole rings is 1. The van der Waals surface area contributed by atoms with Gasteiger partial charge in [0.2, 0.25) is 5.78 Å². The molecule has 0 spiro atoms. The number of aliphatic carboxylic acids is 1. The molecule has 0 saturated carbocycles. The largest absolute Gasteiger partial charge is 0.477 e. The van der Waals surface area contributed by atoms with E-state index in [1.807, 2.05) is 23.6 Å². The summed E-state index contributed by atoms with van der Waals surface area (Å²) in [5.41, 5.74) is 7.21. The molecule has 2 aliphatic rings. The van der Waals surface area contributed by atoms with Crippen molar-refractivity contribution in [3.05, 3.63) is 46.5 Å². The van der Waals surface area contributed by atoms with Gasteiger partial charge in [-0.25, -0.2) is 19.7 Å². The average molecular weight is 561 g/mol. The lowest BCUT2D eigenvalue weighted by Crippen LogP contribution is -2.71. The minimum absolute atomic E-state index is 0.0663. The summed E-state index contributed by atoms with van der Waals surface area (Å²) in [7, 11) is 1.28. The van der Waals surface area contributed by atoms with Crippen molar-refractivity contribution in [2.45, 2.75) is 23.4 Å². The van der Waals surface area contributed by atoms with Gasteiger partial charge in [0.15, 0.2) is 10.8 Å². The summed E-state index contributed by atoms with van der Waals surface area (Å²) in [6.07, 6.45) is 3.48. The van der Waals surface area contributed by atoms with Crippen LogP contribution in [0.15, 0.2) is 45.3 Å². The maximum Gasteiger partial charge on any atom is 0.352 e. The summed E-state index contributed by atoms with van der Waals surface area (Å²) in [6, 6.07) is 0.973. The normalized spacial score (nSPS) is 19.6. The zero-order valence-electron chi connectivity index (χ0n) is 19.4. The van der Waals surface area contributed by atoms with Crippen LogP contribution in [-0.4, -0.2) is 82.9 Å². The van der Waals surface area contributed by atoms with Crippen molar-refractivity contribution in [2.75, 3.05) is 24.3 Å². The number of thiazole rings is 1. The van der Waals surface area contributed by atoms with E-state index in [9.17, 15) is 19.5 Å². The number of oxime groups is 1. The quantitative estimate of drug-likeness (QED) is 0.117. The molecule has 13 nitrogen and oxygen atoms in total. The van der Waals surface area contributed by atoms with Crippen molar-refractivity contribution in [2.24, 2.45) is 5.16 Å². The molecule has 0 bridgehead atoms. The predicted octanol–water partition coefficient (Wildman–Crippen LogP) is 0.958. The number of rotatable bonds is 8. The lowest BCUT2D eigenvalue weighted by atomic mass is 10.0. The number of nitrogens with zero attached hydrogens (tertiary/aromatic N) is 6. The van der Waals surface area contributed by atoms with E-state index in [0.717, 1.165) is 17.0 Å². The second kappa shape index (κ2) is 10.0. The van der Waals surface area contributed by atoms with Crippen LogP contribution in [0.4, 0.5) is 5.13 Å². The molecule has 1 fully saturated rings. The van der Waals surface area contributed by atoms with Crippen LogP contribution >= 0.6 is 34.9 Å². The van der Waals surface area contributed by atoms with Crippen molar-refractivity contribution < 1.29 is 24.3 Å². The number of nitrogens with two attached hydrogens (primary N) is 1. The fourth-order valence-corrected chi connectivity index (χ4v) is 6.95. The predicted molar refractivity (Wildman–Crippen MR) is 138 cm³/mol. The van der Waals surface area contributed by atoms with E-state index in [4.69, 9.17) is 10.6 Å². The summed E-state index contributed by atoms with van der Waals surface area (Å²) >= 11 is 3.88. The first kappa shape index (κ1) is 25.0. The standard InChI is InChI=1S/C21H20N8O5S3/c1-9-5-12(25-21-23-3-4-28(9)21)35-6-10-7-36-18-14(17(31)29(18)15(10)19(32)33)26-16(30)13(27-34-2)11-8-37-20(22)24-11/h3-5,8,14,18H,6-7H2,1-2H3,(H2,22,24)(H,26,30)(H,32,33)/b27-13-/t14-,18+/m1/s1. The Morgan fingerprint density at radius 3 is 2.92 bits per heavy atom. The number of fused-ring (bicyclic) bond motifs is 2. The van der Waals surface area contributed by atoms with Crippen LogP contribution in [0, 0.1) is 6.92 Å². The molecule has 0 aliphatic carbocycles. The Morgan fingerprint density at radius 1 is 1.41 bits per heavy atom. The third-order valence-corrected chi connectivity index (χ3v) is 8.65. The molecule has 2 amide bonds. The van der Waals surface area contributed by atoms with Crippen LogP contribution in [0.3, 0.4) is 0 Å². The Balaban J connectivity index is 1.32. The number of nitrogen functional groups attached to an aromatic ring is 1. The van der Waals surface area contributed by atoms with Gasteiger partial charge in [-0.1, -0.05) is 5.16 Å². The molecule has 3 aromatic rings. The van der Waals surface area contributed by atoms with E-state index in [1.165, 1.54) is 35.5 Å². The lowest BCUT2D eigenvalue weighted by molar-refractivity contribution is -0.150. The van der Waals surface area contributed by atoms with Crippen molar-refractivity contribution in [1.29, 1.82) is 0 Å². The van der Waals surface area contributed by atoms with Gasteiger partial charge < -0.3 is 21.0 Å². The van der Waals surface area contributed by atoms with E-state index in [-0.39, 0.29) is 22.2 Å². The molecule has 4 N–H and O–H groups in total. The van der Waals surface area contributed by atoms with Crippen LogP contribution in [-0.2, 0) is 19.2 Å². The molecule has 0 radical (unpaired) electrons. The number of carboxylic acids is 1. The van der Waals surface area contributed by atoms with Crippen molar-refractivity contribution >= 4 is 69.3 Å². The number of anilines is 1. The summed E-state index contributed by atoms with van der Waals surface area (Å²) < 4.78 is 1.85. The van der Waals surface area contributed by atoms with Gasteiger partial charge in [0.1, 0.15) is 34.9 Å². The molecule has 0 unspecified atom stereocenters. The molecule has 2 aliphatic heterocycles. The first-order valence-electron chi connectivity index (χ1n) is 10.8. The fourth-order valence-electron chi connectivity index (χ4n) is 3.96. The van der Waals surface area contributed by atoms with Gasteiger partial charge in [-0.2, -0.15) is 0 Å². The molecule has 16 heteroatoms. The summed E-state index contributed by atoms with van der Waals surface area (Å²) in [5, 5.41) is 18.2. The Labute approximate surface area is 222 Å². The van der Waals surface area contributed by atoms with Gasteiger partial charge in [-0.15, -0.1) is 34.9 Å². The van der Waals surface area contributed by atoms with Crippen LogP contribution in [0.1, 0.15) is 11.4 Å². The Kier molecular flexibility index (Phi) is 6.78. The average Bonchev–Trinajstić information content (AvgIpc) is 3.52. The molecule has 192 valence electrons. The first-order chi connectivity index (χ1) is 17.8. The van der Waals surface area contributed by atoms with Crippen LogP contribution < -0.4 is 11.1 Å². The number of β-lactam (4-membered cyclic amide) rings is 1. The number of carbonyl (C=O) groups excluding carboxylic acids is 2. The number of aromatic nitrogens is 4. The van der Waals surface area contributed by atoms with E-state index in [1.54, 1.807) is 11.6 Å². The van der Waals surface area contributed by atoms with Crippen LogP contribution in [0.5, 0.6) is 0 Å². The number of hydrogen-bond donors (Lipinski definition) is 3. The number of thioether (sulfide) groups is 2. The molecule has 2 atom stereocenters. The highest BCUT2D eigenvalue weighted by Gasteiger charge is 2.54. The van der Waals surface area contributed by atoms with E-state index < -0.39 is 29.2 Å². The Hall–Kier alpha value is -3.63. The van der Waals surface area contributed by atoms with E-state index >= 15 is 0 Å². The number of hydrogen-bond acceptors (Lipinski definition) is 12. The summed E-state index contributed by atoms with van der Waals surface area (Å²) in [4.78, 5) is 56.8. The maximum absolute atomic E-state index is 13.0. The zero-order valence-corrected chi connectivity index (χ0v) is 21.9. The van der Waals surface area contributed by atoms with Gasteiger partial charge >= 0.3 is 5.97 Å². The number of nitrogens with one attached hydrogen (secondary N) is 1. The zero-order chi connectivity index (χ0) is 26.3. The van der Waals surface area contributed by atoms with Gasteiger partial charge in [-0.3, -0.25) is 18.9 Å². The SMILES string of the molecule is CO/N=C(\C(=O)N[C@@H]1C(=O)N2C(C(=O)O)=C(CSc3cc(C)n4ccnc4n3)CS[C@@H]12)c1csc(N)n1. The Morgan fingerprint density at radius 2 is 2.22 bits per heavy atom.